The van der Waals surface area contributed by atoms with Crippen LogP contribution in [-0.2, 0) is 31.9 Å². The quantitative estimate of drug-likeness (QED) is 0.162. The normalized spacial score (nSPS) is 11.9. The molecule has 11 rings (SSSR count). The van der Waals surface area contributed by atoms with Crippen LogP contribution in [0.25, 0.3) is 100 Å². The summed E-state index contributed by atoms with van der Waals surface area (Å²) < 4.78 is 4.54. The first kappa shape index (κ1) is 44.5. The molecule has 0 aliphatic carbocycles. The van der Waals surface area contributed by atoms with Crippen LogP contribution in [0.15, 0.2) is 194 Å². The zero-order chi connectivity index (χ0) is 46.0. The van der Waals surface area contributed by atoms with Crippen molar-refractivity contribution in [2.75, 3.05) is 0 Å². The summed E-state index contributed by atoms with van der Waals surface area (Å²) in [5.74, 6) is 0.909. The van der Waals surface area contributed by atoms with Crippen molar-refractivity contribution in [1.29, 1.82) is 0 Å². The van der Waals surface area contributed by atoms with E-state index in [-0.39, 0.29) is 37.6 Å². The molecule has 0 fully saturated rings. The monoisotopic (exact) mass is 1060 g/mol. The number of benzene rings is 8. The molecule has 0 saturated carbocycles. The largest absolute Gasteiger partial charge is 0.507 e. The minimum atomic E-state index is -0.333. The van der Waals surface area contributed by atoms with Crippen molar-refractivity contribution >= 4 is 32.8 Å². The molecule has 6 heteroatoms. The molecule has 0 bridgehead atoms. The third kappa shape index (κ3) is 7.85. The Hall–Kier alpha value is -7.33. The van der Waals surface area contributed by atoms with Crippen molar-refractivity contribution in [1.82, 2.24) is 19.1 Å². The summed E-state index contributed by atoms with van der Waals surface area (Å²) in [6, 6.07) is 69.8. The Morgan fingerprint density at radius 2 is 1.10 bits per heavy atom. The number of hydrogen-bond acceptors (Lipinski definition) is 3. The van der Waals surface area contributed by atoms with Crippen LogP contribution < -0.4 is 0 Å². The molecule has 0 amide bonds. The van der Waals surface area contributed by atoms with Gasteiger partial charge in [-0.3, -0.25) is 9.55 Å². The minimum Gasteiger partial charge on any atom is -0.507 e. The van der Waals surface area contributed by atoms with Crippen LogP contribution in [0, 0.1) is 6.07 Å². The van der Waals surface area contributed by atoms with Crippen LogP contribution in [0.5, 0.6) is 5.75 Å². The Labute approximate surface area is 412 Å². The van der Waals surface area contributed by atoms with Crippen LogP contribution in [0.2, 0.25) is 0 Å². The predicted octanol–water partition coefficient (Wildman–Crippen LogP) is 16.0. The maximum atomic E-state index is 12.5. The molecule has 0 aliphatic heterocycles. The first-order valence-corrected chi connectivity index (χ1v) is 23.1. The van der Waals surface area contributed by atoms with Crippen LogP contribution in [0.1, 0.15) is 52.7 Å². The predicted molar refractivity (Wildman–Crippen MR) is 278 cm³/mol. The van der Waals surface area contributed by atoms with E-state index in [1.54, 1.807) is 0 Å². The molecule has 5 nitrogen and oxygen atoms in total. The van der Waals surface area contributed by atoms with E-state index >= 15 is 0 Å². The number of imidazole rings is 1. The van der Waals surface area contributed by atoms with Crippen LogP contribution in [0.3, 0.4) is 0 Å². The number of phenolic OH excluding ortho intramolecular Hbond substituents is 1. The second-order valence-electron chi connectivity index (χ2n) is 19.6. The molecular formula is C62H51N4OPt-. The number of aromatic hydroxyl groups is 1. The summed E-state index contributed by atoms with van der Waals surface area (Å²) in [5.41, 5.74) is 16.0. The van der Waals surface area contributed by atoms with Gasteiger partial charge >= 0.3 is 0 Å². The van der Waals surface area contributed by atoms with Gasteiger partial charge in [-0.1, -0.05) is 198 Å². The number of pyridine rings is 1. The molecule has 0 unspecified atom stereocenters. The number of para-hydroxylation sites is 4. The number of nitrogens with zero attached hydrogens (tertiary/aromatic N) is 4. The van der Waals surface area contributed by atoms with Crippen LogP contribution in [0.4, 0.5) is 0 Å². The molecule has 1 N–H and O–H groups in total. The second kappa shape index (κ2) is 17.4. The third-order valence-corrected chi connectivity index (χ3v) is 13.1. The van der Waals surface area contributed by atoms with Gasteiger partial charge in [-0.2, -0.15) is 0 Å². The molecule has 0 aliphatic rings. The molecule has 336 valence electrons. The minimum absolute atomic E-state index is 0. The Morgan fingerprint density at radius 3 is 1.82 bits per heavy atom. The average Bonchev–Trinajstić information content (AvgIpc) is 3.90. The van der Waals surface area contributed by atoms with E-state index in [0.29, 0.717) is 11.4 Å². The van der Waals surface area contributed by atoms with Gasteiger partial charge in [-0.15, -0.1) is 23.8 Å². The number of aromatic nitrogens is 4. The fourth-order valence-corrected chi connectivity index (χ4v) is 9.60. The number of hydrogen-bond donors (Lipinski definition) is 1. The van der Waals surface area contributed by atoms with Crippen LogP contribution >= 0.6 is 0 Å². The Bertz CT molecular complexity index is 3650. The molecule has 0 atom stereocenters. The zero-order valence-corrected chi connectivity index (χ0v) is 41.3. The fraction of sp³-hybridized carbons (Fsp3) is 0.129. The van der Waals surface area contributed by atoms with Crippen LogP contribution in [-0.4, -0.2) is 24.2 Å². The van der Waals surface area contributed by atoms with E-state index in [4.69, 9.17) is 9.97 Å². The smallest absolute Gasteiger partial charge is 0.148 e. The fourth-order valence-electron chi connectivity index (χ4n) is 9.60. The van der Waals surface area contributed by atoms with Crippen molar-refractivity contribution < 1.29 is 26.2 Å². The standard InChI is InChI=1S/C62H51N4O.Pt/c1-61(2,3)45-36-51(59(67)52(37-45)62(4,5)6)60-64-58-48(29-20-32-56(58)66(60)54-30-18-16-27-47(54)41-23-12-8-13-24-41)43-33-42(40-21-10-7-11-22-40)34-44(35-43)53-38-50-49-28-17-19-31-55(49)65(57(50)39-63-53)46-25-14-9-15-26-46;/h7-34,36-39,67H,1-6H3;/q-1;. The molecule has 0 radical (unpaired) electrons. The van der Waals surface area contributed by atoms with E-state index in [2.05, 4.69) is 233 Å². The topological polar surface area (TPSA) is 55.9 Å². The number of rotatable bonds is 7. The first-order chi connectivity index (χ1) is 32.4. The first-order valence-electron chi connectivity index (χ1n) is 23.1. The summed E-state index contributed by atoms with van der Waals surface area (Å²) in [4.78, 5) is 10.8. The summed E-state index contributed by atoms with van der Waals surface area (Å²) in [6.07, 6.45) is 2.00. The van der Waals surface area contributed by atoms with Gasteiger partial charge in [0.15, 0.2) is 0 Å². The summed E-state index contributed by atoms with van der Waals surface area (Å²) in [6.45, 7) is 13.1. The van der Waals surface area contributed by atoms with Gasteiger partial charge in [0, 0.05) is 60.5 Å². The van der Waals surface area contributed by atoms with Gasteiger partial charge in [0.05, 0.1) is 33.3 Å². The van der Waals surface area contributed by atoms with Crippen molar-refractivity contribution in [3.05, 3.63) is 211 Å². The summed E-state index contributed by atoms with van der Waals surface area (Å²) >= 11 is 0. The second-order valence-corrected chi connectivity index (χ2v) is 19.6. The van der Waals surface area contributed by atoms with E-state index in [1.165, 1.54) is 0 Å². The van der Waals surface area contributed by atoms with Crippen molar-refractivity contribution in [2.24, 2.45) is 0 Å². The molecule has 11 aromatic rings. The van der Waals surface area contributed by atoms with Gasteiger partial charge in [-0.05, 0) is 63.9 Å². The Balaban J connectivity index is 0.00000539. The van der Waals surface area contributed by atoms with E-state index in [9.17, 15) is 5.11 Å². The molecule has 3 aromatic heterocycles. The third-order valence-electron chi connectivity index (χ3n) is 13.1. The number of phenols is 1. The molecule has 68 heavy (non-hydrogen) atoms. The molecule has 8 aromatic carbocycles. The van der Waals surface area contributed by atoms with Gasteiger partial charge in [-0.25, -0.2) is 4.98 Å². The SMILES string of the molecule is CC(C)(C)c1cc(-c2nc3c(-c4[c-]c(-c5cc6c7ccccc7n(-c7ccccc7)c6cn5)cc(-c5ccccc5)c4)cccc3n2-c2ccccc2-c2ccccc2)c(O)c(C(C)(C)C)c1.[Pt]. The summed E-state index contributed by atoms with van der Waals surface area (Å²) in [7, 11) is 0. The molecule has 3 heterocycles. The van der Waals surface area contributed by atoms with Crippen molar-refractivity contribution in [2.45, 2.75) is 52.4 Å². The maximum Gasteiger partial charge on any atom is 0.148 e. The average molecular weight is 1060 g/mol. The van der Waals surface area contributed by atoms with Crippen molar-refractivity contribution in [3.8, 4) is 73.2 Å². The molecule has 0 spiro atoms. The van der Waals surface area contributed by atoms with Gasteiger partial charge in [0.25, 0.3) is 0 Å². The van der Waals surface area contributed by atoms with Gasteiger partial charge in [0.2, 0.25) is 0 Å². The van der Waals surface area contributed by atoms with Gasteiger partial charge < -0.3 is 9.67 Å². The number of fused-ring (bicyclic) bond motifs is 4. The Kier molecular flexibility index (Phi) is 11.4. The van der Waals surface area contributed by atoms with E-state index in [0.717, 1.165) is 100.0 Å². The van der Waals surface area contributed by atoms with Crippen molar-refractivity contribution in [3.63, 3.8) is 0 Å². The van der Waals surface area contributed by atoms with E-state index in [1.807, 2.05) is 18.3 Å². The van der Waals surface area contributed by atoms with E-state index < -0.39 is 0 Å². The zero-order valence-electron chi connectivity index (χ0n) is 39.0. The molecule has 0 saturated heterocycles. The Morgan fingerprint density at radius 1 is 0.485 bits per heavy atom. The van der Waals surface area contributed by atoms with Gasteiger partial charge in [0.1, 0.15) is 11.6 Å². The summed E-state index contributed by atoms with van der Waals surface area (Å²) in [5, 5.41) is 14.8. The molecular weight excluding hydrogens is 1010 g/mol. The maximum absolute atomic E-state index is 12.5.